The van der Waals surface area contributed by atoms with E-state index >= 15 is 0 Å². The van der Waals surface area contributed by atoms with E-state index in [2.05, 4.69) is 0 Å². The maximum absolute atomic E-state index is 13.4. The topological polar surface area (TPSA) is 20.3 Å². The van der Waals surface area contributed by atoms with E-state index in [9.17, 15) is 9.18 Å². The van der Waals surface area contributed by atoms with Crippen molar-refractivity contribution in [2.24, 2.45) is 0 Å². The molecule has 0 N–H and O–H groups in total. The van der Waals surface area contributed by atoms with Gasteiger partial charge in [0.2, 0.25) is 0 Å². The van der Waals surface area contributed by atoms with Crippen molar-refractivity contribution in [3.63, 3.8) is 0 Å². The van der Waals surface area contributed by atoms with E-state index in [1.54, 1.807) is 11.8 Å². The van der Waals surface area contributed by atoms with Gasteiger partial charge in [-0.15, -0.1) is 11.8 Å². The van der Waals surface area contributed by atoms with Crippen LogP contribution in [0.15, 0.2) is 47.4 Å². The summed E-state index contributed by atoms with van der Waals surface area (Å²) in [5.74, 6) is -0.183. The number of thioether (sulfide) groups is 1. The third-order valence-electron chi connectivity index (χ3n) is 3.79. The fourth-order valence-corrected chi connectivity index (χ4v) is 3.03. The van der Waals surface area contributed by atoms with Gasteiger partial charge in [0.1, 0.15) is 5.82 Å². The first-order chi connectivity index (χ1) is 10.2. The number of ketones is 1. The van der Waals surface area contributed by atoms with Gasteiger partial charge in [-0.2, -0.15) is 0 Å². The van der Waals surface area contributed by atoms with Gasteiger partial charge in [-0.1, -0.05) is 18.2 Å². The highest BCUT2D eigenvalue weighted by Crippen LogP contribution is 2.28. The zero-order valence-electron chi connectivity index (χ0n) is 11.8. The number of rotatable bonds is 4. The van der Waals surface area contributed by atoms with Gasteiger partial charge in [0.05, 0.1) is 6.54 Å². The van der Waals surface area contributed by atoms with Crippen molar-refractivity contribution >= 4 is 23.2 Å². The minimum Gasteiger partial charge on any atom is -0.363 e. The third kappa shape index (κ3) is 2.95. The number of carbonyl (C=O) groups is 1. The van der Waals surface area contributed by atoms with E-state index in [0.29, 0.717) is 12.1 Å². The Hall–Kier alpha value is -1.81. The molecule has 0 fully saturated rings. The molecule has 1 heterocycles. The highest BCUT2D eigenvalue weighted by Gasteiger charge is 2.22. The quantitative estimate of drug-likeness (QED) is 0.633. The van der Waals surface area contributed by atoms with E-state index < -0.39 is 0 Å². The fraction of sp³-hybridized carbons (Fsp3) is 0.235. The molecule has 4 heteroatoms. The van der Waals surface area contributed by atoms with Crippen LogP contribution in [0.2, 0.25) is 0 Å². The molecule has 0 saturated carbocycles. The predicted octanol–water partition coefficient (Wildman–Crippen LogP) is 3.79. The second kappa shape index (κ2) is 5.90. The molecule has 21 heavy (non-hydrogen) atoms. The van der Waals surface area contributed by atoms with Crippen LogP contribution in [0.3, 0.4) is 0 Å². The Morgan fingerprint density at radius 3 is 2.71 bits per heavy atom. The number of anilines is 1. The van der Waals surface area contributed by atoms with E-state index in [4.69, 9.17) is 0 Å². The van der Waals surface area contributed by atoms with Crippen molar-refractivity contribution in [1.82, 2.24) is 0 Å². The minimum absolute atomic E-state index is 0.0692. The van der Waals surface area contributed by atoms with Crippen molar-refractivity contribution in [2.45, 2.75) is 11.3 Å². The number of carbonyl (C=O) groups excluding carboxylic acids is 1. The summed E-state index contributed by atoms with van der Waals surface area (Å²) in [6.07, 6.45) is 2.88. The molecule has 0 saturated heterocycles. The van der Waals surface area contributed by atoms with Crippen LogP contribution >= 0.6 is 11.8 Å². The number of nitrogens with zero attached hydrogens (tertiary/aromatic N) is 1. The first-order valence-corrected chi connectivity index (χ1v) is 8.10. The normalized spacial score (nSPS) is 13.3. The molecule has 0 atom stereocenters. The SMILES string of the molecule is CSc1ccc(C(=O)CN2CCc3ccc(F)cc32)cc1. The Labute approximate surface area is 128 Å². The maximum Gasteiger partial charge on any atom is 0.182 e. The van der Waals surface area contributed by atoms with E-state index in [0.717, 1.165) is 29.1 Å². The lowest BCUT2D eigenvalue weighted by Crippen LogP contribution is -2.28. The molecule has 2 aromatic rings. The molecule has 1 aliphatic heterocycles. The summed E-state index contributed by atoms with van der Waals surface area (Å²) in [6.45, 7) is 1.07. The minimum atomic E-state index is -0.252. The molecule has 0 unspecified atom stereocenters. The number of benzene rings is 2. The molecule has 0 aromatic heterocycles. The summed E-state index contributed by atoms with van der Waals surface area (Å²) in [5.41, 5.74) is 2.67. The van der Waals surface area contributed by atoms with Gasteiger partial charge in [-0.05, 0) is 42.5 Å². The van der Waals surface area contributed by atoms with Crippen LogP contribution in [0.25, 0.3) is 0 Å². The van der Waals surface area contributed by atoms with E-state index in [1.165, 1.54) is 12.1 Å². The number of hydrogen-bond donors (Lipinski definition) is 0. The average molecular weight is 301 g/mol. The summed E-state index contributed by atoms with van der Waals surface area (Å²) in [6, 6.07) is 12.4. The van der Waals surface area contributed by atoms with Crippen molar-refractivity contribution in [3.8, 4) is 0 Å². The van der Waals surface area contributed by atoms with Crippen LogP contribution in [0.5, 0.6) is 0 Å². The largest absolute Gasteiger partial charge is 0.363 e. The Morgan fingerprint density at radius 1 is 1.24 bits per heavy atom. The zero-order valence-corrected chi connectivity index (χ0v) is 12.6. The van der Waals surface area contributed by atoms with Crippen molar-refractivity contribution in [1.29, 1.82) is 0 Å². The molecular formula is C17H16FNOS. The number of fused-ring (bicyclic) bond motifs is 1. The average Bonchev–Trinajstić information content (AvgIpc) is 2.89. The zero-order chi connectivity index (χ0) is 14.8. The van der Waals surface area contributed by atoms with Crippen molar-refractivity contribution < 1.29 is 9.18 Å². The van der Waals surface area contributed by atoms with Crippen LogP contribution in [0.4, 0.5) is 10.1 Å². The fourth-order valence-electron chi connectivity index (χ4n) is 2.62. The molecule has 108 valence electrons. The van der Waals surface area contributed by atoms with Crippen LogP contribution in [0, 0.1) is 5.82 Å². The van der Waals surface area contributed by atoms with Gasteiger partial charge in [-0.3, -0.25) is 4.79 Å². The lowest BCUT2D eigenvalue weighted by atomic mass is 10.1. The summed E-state index contributed by atoms with van der Waals surface area (Å²) in [7, 11) is 0. The van der Waals surface area contributed by atoms with Crippen LogP contribution in [-0.4, -0.2) is 25.1 Å². The summed E-state index contributed by atoms with van der Waals surface area (Å²) in [4.78, 5) is 15.5. The monoisotopic (exact) mass is 301 g/mol. The smallest absolute Gasteiger partial charge is 0.182 e. The Bertz CT molecular complexity index is 669. The molecule has 0 radical (unpaired) electrons. The molecule has 0 aliphatic carbocycles. The van der Waals surface area contributed by atoms with Gasteiger partial charge >= 0.3 is 0 Å². The molecule has 0 amide bonds. The lowest BCUT2D eigenvalue weighted by molar-refractivity contribution is 0.0999. The highest BCUT2D eigenvalue weighted by molar-refractivity contribution is 7.98. The number of hydrogen-bond acceptors (Lipinski definition) is 3. The Morgan fingerprint density at radius 2 is 2.00 bits per heavy atom. The van der Waals surface area contributed by atoms with Crippen LogP contribution in [-0.2, 0) is 6.42 Å². The molecule has 3 rings (SSSR count). The van der Waals surface area contributed by atoms with Crippen LogP contribution < -0.4 is 4.90 Å². The Kier molecular flexibility index (Phi) is 3.97. The lowest BCUT2D eigenvalue weighted by Gasteiger charge is -2.18. The Balaban J connectivity index is 1.75. The van der Waals surface area contributed by atoms with Crippen molar-refractivity contribution in [2.75, 3.05) is 24.2 Å². The predicted molar refractivity (Wildman–Crippen MR) is 84.9 cm³/mol. The molecule has 0 bridgehead atoms. The molecular weight excluding hydrogens is 285 g/mol. The summed E-state index contributed by atoms with van der Waals surface area (Å²) < 4.78 is 13.4. The molecule has 1 aliphatic rings. The first-order valence-electron chi connectivity index (χ1n) is 6.88. The van der Waals surface area contributed by atoms with E-state index in [-0.39, 0.29) is 11.6 Å². The highest BCUT2D eigenvalue weighted by atomic mass is 32.2. The van der Waals surface area contributed by atoms with Gasteiger partial charge in [-0.25, -0.2) is 4.39 Å². The standard InChI is InChI=1S/C17H16FNOS/c1-21-15-6-3-13(4-7-15)17(20)11-19-9-8-12-2-5-14(18)10-16(12)19/h2-7,10H,8-9,11H2,1H3. The van der Waals surface area contributed by atoms with E-state index in [1.807, 2.05) is 41.5 Å². The summed E-state index contributed by atoms with van der Waals surface area (Å²) >= 11 is 1.65. The van der Waals surface area contributed by atoms with Gasteiger partial charge < -0.3 is 4.90 Å². The molecule has 2 nitrogen and oxygen atoms in total. The van der Waals surface area contributed by atoms with Crippen LogP contribution in [0.1, 0.15) is 15.9 Å². The molecule has 0 spiro atoms. The number of halogens is 1. The first kappa shape index (κ1) is 14.1. The second-order valence-electron chi connectivity index (χ2n) is 5.10. The van der Waals surface area contributed by atoms with Gasteiger partial charge in [0.25, 0.3) is 0 Å². The second-order valence-corrected chi connectivity index (χ2v) is 5.98. The maximum atomic E-state index is 13.4. The number of Topliss-reactive ketones (excluding diaryl/α,β-unsaturated/α-hetero) is 1. The van der Waals surface area contributed by atoms with Gasteiger partial charge in [0, 0.05) is 22.7 Å². The third-order valence-corrected chi connectivity index (χ3v) is 4.53. The van der Waals surface area contributed by atoms with Crippen molar-refractivity contribution in [3.05, 3.63) is 59.4 Å². The summed E-state index contributed by atoms with van der Waals surface area (Å²) in [5, 5.41) is 0. The van der Waals surface area contributed by atoms with Gasteiger partial charge in [0.15, 0.2) is 5.78 Å². The molecule has 2 aromatic carbocycles.